The molecule has 0 fully saturated rings. The van der Waals surface area contributed by atoms with Crippen LogP contribution in [0, 0.1) is 0 Å². The molecule has 12 aromatic carbocycles. The molecule has 0 saturated carbocycles. The first-order valence-electron chi connectivity index (χ1n) is 32.5. The Morgan fingerprint density at radius 2 is 0.543 bits per heavy atom. The van der Waals surface area contributed by atoms with Crippen LogP contribution in [0.3, 0.4) is 0 Å². The molecule has 2 aliphatic heterocycles. The van der Waals surface area contributed by atoms with Gasteiger partial charge in [-0.25, -0.2) is 4.98 Å². The van der Waals surface area contributed by atoms with E-state index in [9.17, 15) is 0 Å². The number of hydrogen-bond donors (Lipinski definition) is 2. The Kier molecular flexibility index (Phi) is 10.4. The van der Waals surface area contributed by atoms with Crippen molar-refractivity contribution in [1.29, 1.82) is 0 Å². The Labute approximate surface area is 531 Å². The number of rotatable bonds is 4. The van der Waals surface area contributed by atoms with Crippen LogP contribution in [-0.2, 0) is 0 Å². The molecule has 2 N–H and O–H groups in total. The Morgan fingerprint density at radius 3 is 0.935 bits per heavy atom. The SMILES string of the molecule is C1=Cc2nc1c(-c1ccccc1)c1ccc([nH]1)c(-c1ccccc1)c1nc(c(-c3ccccc3)c3[nH]c(c2-c2ccccc2)c2c3C3c4cc5ccccc5cc4C2c2cc4ccccc4cc23)C2C3c4cc5ccccc5cc4C(c4cc5ccccc5cc43)C12. The number of fused-ring (bicyclic) bond motifs is 12. The van der Waals surface area contributed by atoms with Crippen molar-refractivity contribution in [2.75, 3.05) is 0 Å². The molecule has 0 spiro atoms. The molecular weight excluding hydrogens is 1110 g/mol. The summed E-state index contributed by atoms with van der Waals surface area (Å²) in [5, 5.41) is 10.1. The normalized spacial score (nSPS) is 18.4. The fourth-order valence-electron chi connectivity index (χ4n) is 18.0. The first-order chi connectivity index (χ1) is 45.6. The summed E-state index contributed by atoms with van der Waals surface area (Å²) in [6, 6.07) is 105. The van der Waals surface area contributed by atoms with Crippen LogP contribution in [0.1, 0.15) is 114 Å². The van der Waals surface area contributed by atoms with Gasteiger partial charge in [-0.15, -0.1) is 0 Å². The number of hydrogen-bond acceptors (Lipinski definition) is 2. The van der Waals surface area contributed by atoms with E-state index in [1.807, 2.05) is 0 Å². The summed E-state index contributed by atoms with van der Waals surface area (Å²) in [7, 11) is 0. The van der Waals surface area contributed by atoms with Crippen LogP contribution < -0.4 is 0 Å². The highest BCUT2D eigenvalue weighted by Crippen LogP contribution is 2.69. The average molecular weight is 1170 g/mol. The maximum absolute atomic E-state index is 6.63. The molecule has 4 nitrogen and oxygen atoms in total. The predicted molar refractivity (Wildman–Crippen MR) is 379 cm³/mol. The van der Waals surface area contributed by atoms with Gasteiger partial charge in [-0.1, -0.05) is 243 Å². The first-order valence-corrected chi connectivity index (χ1v) is 32.5. The Balaban J connectivity index is 1.02. The van der Waals surface area contributed by atoms with Crippen molar-refractivity contribution in [3.05, 3.63) is 357 Å². The number of nitrogens with one attached hydrogen (secondary N) is 2. The number of nitrogens with zero attached hydrogens (tertiary/aromatic N) is 2. The maximum Gasteiger partial charge on any atom is 0.0737 e. The van der Waals surface area contributed by atoms with Crippen molar-refractivity contribution in [2.24, 2.45) is 0 Å². The molecule has 428 valence electrons. The molecule has 0 amide bonds. The van der Waals surface area contributed by atoms with E-state index in [0.29, 0.717) is 0 Å². The van der Waals surface area contributed by atoms with E-state index < -0.39 is 0 Å². The van der Waals surface area contributed by atoms with Crippen molar-refractivity contribution in [1.82, 2.24) is 19.9 Å². The molecule has 0 saturated heterocycles. The molecule has 23 rings (SSSR count). The van der Waals surface area contributed by atoms with Gasteiger partial charge in [-0.3, -0.25) is 4.98 Å². The minimum absolute atomic E-state index is 0.0340. The summed E-state index contributed by atoms with van der Waals surface area (Å²) >= 11 is 0. The highest BCUT2D eigenvalue weighted by atomic mass is 14.9. The Bertz CT molecular complexity index is 5740. The van der Waals surface area contributed by atoms with Gasteiger partial charge in [0.25, 0.3) is 0 Å². The second kappa shape index (κ2) is 19.0. The fourth-order valence-corrected chi connectivity index (χ4v) is 18.0. The molecule has 0 radical (unpaired) electrons. The highest BCUT2D eigenvalue weighted by Gasteiger charge is 2.56. The minimum Gasteiger partial charge on any atom is -0.354 e. The van der Waals surface area contributed by atoms with E-state index in [4.69, 9.17) is 9.97 Å². The average Bonchev–Trinajstić information content (AvgIpc) is 1.39. The quantitative estimate of drug-likeness (QED) is 0.184. The van der Waals surface area contributed by atoms with Crippen LogP contribution in [0.2, 0.25) is 0 Å². The molecular formula is C88H56N4. The van der Waals surface area contributed by atoms with Gasteiger partial charge in [0, 0.05) is 68.8 Å². The standard InChI is InChI=1S/C88H56N4/c1-5-21-49(22-6-1)73-69-37-39-71(89-69)74(50-23-7-2-8-24-50)85-81-77-61-41-53-29-13-17-33-57(53)45-65(61)79(66-46-58-34-18-14-30-54(58)42-62(66)77)83(81)87(91-85)76(52-27-11-4-12-28-52)88-84-80-67-47-59-35-19-15-31-55(59)43-63(67)78(64-44-56-32-16-20-36-60(56)48-68(64)80)82(84)86(92-88)75(51-25-9-3-10-26-51)72-40-38-70(73)90-72/h1-48,77-81,83,89,92H. The van der Waals surface area contributed by atoms with Crippen LogP contribution in [0.4, 0.5) is 0 Å². The zero-order valence-corrected chi connectivity index (χ0v) is 50.1. The molecule has 12 bridgehead atoms. The number of aromatic amines is 2. The fraction of sp³-hybridized carbons (Fsp3) is 0.0682. The van der Waals surface area contributed by atoms with Crippen LogP contribution in [0.25, 0.3) is 122 Å². The third-order valence-electron chi connectivity index (χ3n) is 21.7. The van der Waals surface area contributed by atoms with Gasteiger partial charge in [0.2, 0.25) is 0 Å². The Hall–Kier alpha value is -11.5. The van der Waals surface area contributed by atoms with Crippen molar-refractivity contribution in [3.8, 4) is 44.5 Å². The number of H-pyrrole nitrogens is 2. The van der Waals surface area contributed by atoms with Crippen LogP contribution in [-0.4, -0.2) is 19.9 Å². The minimum atomic E-state index is -0.139. The van der Waals surface area contributed by atoms with E-state index in [0.717, 1.165) is 89.4 Å². The topological polar surface area (TPSA) is 57.4 Å². The smallest absolute Gasteiger partial charge is 0.0737 e. The summed E-state index contributed by atoms with van der Waals surface area (Å²) in [4.78, 5) is 21.3. The van der Waals surface area contributed by atoms with Gasteiger partial charge in [-0.05, 0) is 170 Å². The van der Waals surface area contributed by atoms with Gasteiger partial charge in [0.1, 0.15) is 0 Å². The second-order valence-electron chi connectivity index (χ2n) is 26.2. The molecule has 8 aliphatic rings. The largest absolute Gasteiger partial charge is 0.354 e. The van der Waals surface area contributed by atoms with E-state index in [-0.39, 0.29) is 35.5 Å². The zero-order valence-electron chi connectivity index (χ0n) is 50.1. The van der Waals surface area contributed by atoms with E-state index in [2.05, 4.69) is 301 Å². The summed E-state index contributed by atoms with van der Waals surface area (Å²) in [5.74, 6) is -0.510. The second-order valence-corrected chi connectivity index (χ2v) is 26.2. The van der Waals surface area contributed by atoms with Crippen molar-refractivity contribution in [3.63, 3.8) is 0 Å². The number of benzene rings is 12. The Morgan fingerprint density at radius 1 is 0.250 bits per heavy atom. The summed E-state index contributed by atoms with van der Waals surface area (Å²) < 4.78 is 0. The van der Waals surface area contributed by atoms with E-state index in [1.165, 1.54) is 98.7 Å². The van der Waals surface area contributed by atoms with Gasteiger partial charge in [0.05, 0.1) is 33.8 Å². The van der Waals surface area contributed by atoms with Gasteiger partial charge >= 0.3 is 0 Å². The van der Waals surface area contributed by atoms with Gasteiger partial charge in [-0.2, -0.15) is 0 Å². The lowest BCUT2D eigenvalue weighted by molar-refractivity contribution is 0.404. The lowest BCUT2D eigenvalue weighted by Gasteiger charge is -2.49. The van der Waals surface area contributed by atoms with Crippen molar-refractivity contribution in [2.45, 2.75) is 35.5 Å². The van der Waals surface area contributed by atoms with Crippen LogP contribution >= 0.6 is 0 Å². The van der Waals surface area contributed by atoms with E-state index >= 15 is 0 Å². The molecule has 4 heteroatoms. The summed E-state index contributed by atoms with van der Waals surface area (Å²) in [6.45, 7) is 0. The third kappa shape index (κ3) is 7.06. The summed E-state index contributed by atoms with van der Waals surface area (Å²) in [5.41, 5.74) is 30.9. The first kappa shape index (κ1) is 50.4. The molecule has 92 heavy (non-hydrogen) atoms. The molecule has 5 heterocycles. The van der Waals surface area contributed by atoms with Crippen LogP contribution in [0.15, 0.2) is 279 Å². The molecule has 2 unspecified atom stereocenters. The summed E-state index contributed by atoms with van der Waals surface area (Å²) in [6.07, 6.45) is 4.53. The third-order valence-corrected chi connectivity index (χ3v) is 21.7. The monoisotopic (exact) mass is 1170 g/mol. The molecule has 2 atom stereocenters. The van der Waals surface area contributed by atoms with Gasteiger partial charge < -0.3 is 9.97 Å². The molecule has 6 aliphatic carbocycles. The van der Waals surface area contributed by atoms with Crippen molar-refractivity contribution >= 4 is 77.3 Å². The zero-order chi connectivity index (χ0) is 59.9. The lowest BCUT2D eigenvalue weighted by atomic mass is 9.52. The maximum atomic E-state index is 6.63. The van der Waals surface area contributed by atoms with Crippen LogP contribution in [0.5, 0.6) is 0 Å². The molecule has 15 aromatic rings. The highest BCUT2D eigenvalue weighted by molar-refractivity contribution is 6.04. The lowest BCUT2D eigenvalue weighted by Crippen LogP contribution is -2.35. The number of aromatic nitrogens is 4. The van der Waals surface area contributed by atoms with Crippen molar-refractivity contribution < 1.29 is 0 Å². The van der Waals surface area contributed by atoms with E-state index in [1.54, 1.807) is 0 Å². The predicted octanol–water partition coefficient (Wildman–Crippen LogP) is 21.9. The molecule has 3 aromatic heterocycles. The van der Waals surface area contributed by atoms with Gasteiger partial charge in [0.15, 0.2) is 0 Å².